The molecule has 5 heteroatoms. The topological polar surface area (TPSA) is 75.4 Å². The van der Waals surface area contributed by atoms with E-state index in [4.69, 9.17) is 5.73 Å². The van der Waals surface area contributed by atoms with Crippen LogP contribution in [0.15, 0.2) is 18.2 Å². The smallest absolute Gasteiger partial charge is 0.237 e. The van der Waals surface area contributed by atoms with Crippen LogP contribution in [0.3, 0.4) is 0 Å². The van der Waals surface area contributed by atoms with Gasteiger partial charge in [0.15, 0.2) is 0 Å². The fourth-order valence-corrected chi connectivity index (χ4v) is 3.98. The Labute approximate surface area is 150 Å². The predicted molar refractivity (Wildman–Crippen MR) is 98.0 cm³/mol. The summed E-state index contributed by atoms with van der Waals surface area (Å²) in [7, 11) is 0. The van der Waals surface area contributed by atoms with Crippen molar-refractivity contribution in [1.29, 1.82) is 0 Å². The summed E-state index contributed by atoms with van der Waals surface area (Å²) >= 11 is 0. The third-order valence-corrected chi connectivity index (χ3v) is 5.78. The zero-order valence-corrected chi connectivity index (χ0v) is 15.3. The summed E-state index contributed by atoms with van der Waals surface area (Å²) in [5.74, 6) is -0.388. The molecule has 1 heterocycles. The van der Waals surface area contributed by atoms with Gasteiger partial charge < -0.3 is 11.1 Å². The summed E-state index contributed by atoms with van der Waals surface area (Å²) < 4.78 is 0. The van der Waals surface area contributed by atoms with Gasteiger partial charge in [-0.2, -0.15) is 0 Å². The van der Waals surface area contributed by atoms with Crippen LogP contribution < -0.4 is 11.1 Å². The fourth-order valence-electron chi connectivity index (χ4n) is 3.98. The van der Waals surface area contributed by atoms with Crippen molar-refractivity contribution < 1.29 is 9.59 Å². The largest absolute Gasteiger partial charge is 0.369 e. The van der Waals surface area contributed by atoms with Crippen LogP contribution in [-0.4, -0.2) is 35.8 Å². The molecule has 1 aromatic carbocycles. The maximum absolute atomic E-state index is 12.6. The maximum Gasteiger partial charge on any atom is 0.237 e. The van der Waals surface area contributed by atoms with Crippen molar-refractivity contribution in [3.8, 4) is 0 Å². The lowest BCUT2D eigenvalue weighted by molar-refractivity contribution is -0.127. The van der Waals surface area contributed by atoms with E-state index in [0.29, 0.717) is 6.54 Å². The molecule has 0 aromatic heterocycles. The number of fused-ring (bicyclic) bond motifs is 1. The number of nitrogens with two attached hydrogens (primary N) is 1. The standard InChI is InChI=1S/C20H29N3O2/c1-13(16-8-7-15-5-3-4-6-17(15)11-16)22-20(25)14(2)23-10-9-18(12-23)19(21)24/h7-8,11,13-14,18H,3-6,9-10,12H2,1-2H3,(H2,21,24)(H,22,25)/t13-,14-,18+/m0/s1. The summed E-state index contributed by atoms with van der Waals surface area (Å²) in [4.78, 5) is 26.0. The van der Waals surface area contributed by atoms with Crippen LogP contribution in [0.4, 0.5) is 0 Å². The van der Waals surface area contributed by atoms with Crippen molar-refractivity contribution in [2.75, 3.05) is 13.1 Å². The van der Waals surface area contributed by atoms with Crippen LogP contribution in [0.2, 0.25) is 0 Å². The highest BCUT2D eigenvalue weighted by molar-refractivity contribution is 5.82. The van der Waals surface area contributed by atoms with Gasteiger partial charge >= 0.3 is 0 Å². The number of primary amides is 1. The molecule has 0 radical (unpaired) electrons. The maximum atomic E-state index is 12.6. The van der Waals surface area contributed by atoms with Crippen LogP contribution >= 0.6 is 0 Å². The summed E-state index contributed by atoms with van der Waals surface area (Å²) in [6.07, 6.45) is 5.59. The van der Waals surface area contributed by atoms with Gasteiger partial charge in [0.1, 0.15) is 0 Å². The van der Waals surface area contributed by atoms with E-state index in [1.807, 2.05) is 18.7 Å². The highest BCUT2D eigenvalue weighted by atomic mass is 16.2. The molecule has 5 nitrogen and oxygen atoms in total. The van der Waals surface area contributed by atoms with Crippen LogP contribution in [0.1, 0.15) is 55.8 Å². The molecule has 136 valence electrons. The summed E-state index contributed by atoms with van der Waals surface area (Å²) in [6.45, 7) is 5.26. The first-order valence-electron chi connectivity index (χ1n) is 9.41. The number of nitrogens with zero attached hydrogens (tertiary/aromatic N) is 1. The van der Waals surface area contributed by atoms with Gasteiger partial charge in [-0.15, -0.1) is 0 Å². The number of rotatable bonds is 5. The first kappa shape index (κ1) is 17.9. The SMILES string of the molecule is C[C@H](NC(=O)[C@H](C)N1CC[C@@H](C(N)=O)C1)c1ccc2c(c1)CCCC2. The van der Waals surface area contributed by atoms with Crippen molar-refractivity contribution in [2.45, 2.75) is 58.0 Å². The minimum Gasteiger partial charge on any atom is -0.369 e. The zero-order valence-electron chi connectivity index (χ0n) is 15.3. The van der Waals surface area contributed by atoms with Crippen LogP contribution in [0, 0.1) is 5.92 Å². The molecule has 3 rings (SSSR count). The van der Waals surface area contributed by atoms with E-state index in [9.17, 15) is 9.59 Å². The Morgan fingerprint density at radius 2 is 1.92 bits per heavy atom. The molecule has 1 aliphatic heterocycles. The Bertz CT molecular complexity index is 658. The quantitative estimate of drug-likeness (QED) is 0.858. The number of hydrogen-bond acceptors (Lipinski definition) is 3. The highest BCUT2D eigenvalue weighted by Crippen LogP contribution is 2.25. The van der Waals surface area contributed by atoms with Crippen molar-refractivity contribution in [2.24, 2.45) is 11.7 Å². The molecule has 2 amide bonds. The summed E-state index contributed by atoms with van der Waals surface area (Å²) in [5.41, 5.74) is 9.43. The first-order chi connectivity index (χ1) is 12.0. The van der Waals surface area contributed by atoms with Gasteiger partial charge in [0, 0.05) is 6.54 Å². The number of nitrogens with one attached hydrogen (secondary N) is 1. The number of hydrogen-bond donors (Lipinski definition) is 2. The van der Waals surface area contributed by atoms with Crippen molar-refractivity contribution in [3.05, 3.63) is 34.9 Å². The van der Waals surface area contributed by atoms with Crippen LogP contribution in [0.5, 0.6) is 0 Å². The van der Waals surface area contributed by atoms with Gasteiger partial charge in [0.2, 0.25) is 11.8 Å². The Hall–Kier alpha value is -1.88. The summed E-state index contributed by atoms with van der Waals surface area (Å²) in [6, 6.07) is 6.34. The van der Waals surface area contributed by atoms with Crippen molar-refractivity contribution in [1.82, 2.24) is 10.2 Å². The van der Waals surface area contributed by atoms with Crippen molar-refractivity contribution >= 4 is 11.8 Å². The van der Waals surface area contributed by atoms with E-state index in [2.05, 4.69) is 23.5 Å². The lowest BCUT2D eigenvalue weighted by Gasteiger charge is -2.26. The highest BCUT2D eigenvalue weighted by Gasteiger charge is 2.32. The molecule has 3 atom stereocenters. The number of carbonyl (C=O) groups excluding carboxylic acids is 2. The fraction of sp³-hybridized carbons (Fsp3) is 0.600. The third-order valence-electron chi connectivity index (χ3n) is 5.78. The Kier molecular flexibility index (Phi) is 5.42. The van der Waals surface area contributed by atoms with Crippen LogP contribution in [0.25, 0.3) is 0 Å². The second kappa shape index (κ2) is 7.56. The third kappa shape index (κ3) is 4.03. The van der Waals surface area contributed by atoms with E-state index in [1.54, 1.807) is 0 Å². The van der Waals surface area contributed by atoms with Crippen molar-refractivity contribution in [3.63, 3.8) is 0 Å². The van der Waals surface area contributed by atoms with E-state index in [-0.39, 0.29) is 29.8 Å². The second-order valence-corrected chi connectivity index (χ2v) is 7.52. The number of carbonyl (C=O) groups is 2. The minimum atomic E-state index is -0.266. The van der Waals surface area contributed by atoms with E-state index < -0.39 is 0 Å². The Morgan fingerprint density at radius 3 is 2.60 bits per heavy atom. The molecular formula is C20H29N3O2. The monoisotopic (exact) mass is 343 g/mol. The predicted octanol–water partition coefficient (Wildman–Crippen LogP) is 1.94. The van der Waals surface area contributed by atoms with Gasteiger partial charge in [0.05, 0.1) is 18.0 Å². The average Bonchev–Trinajstić information content (AvgIpc) is 3.11. The molecule has 0 bridgehead atoms. The Morgan fingerprint density at radius 1 is 1.20 bits per heavy atom. The molecule has 3 N–H and O–H groups in total. The number of aryl methyl sites for hydroxylation is 2. The normalized spacial score (nSPS) is 22.9. The molecule has 0 spiro atoms. The van der Waals surface area contributed by atoms with E-state index in [1.165, 1.54) is 30.4 Å². The minimum absolute atomic E-state index is 0.00958. The molecule has 1 fully saturated rings. The molecule has 25 heavy (non-hydrogen) atoms. The molecular weight excluding hydrogens is 314 g/mol. The lowest BCUT2D eigenvalue weighted by atomic mass is 9.89. The zero-order chi connectivity index (χ0) is 18.0. The number of benzene rings is 1. The first-order valence-corrected chi connectivity index (χ1v) is 9.41. The average molecular weight is 343 g/mol. The number of amides is 2. The van der Waals surface area contributed by atoms with Gasteiger partial charge in [-0.3, -0.25) is 14.5 Å². The second-order valence-electron chi connectivity index (χ2n) is 7.52. The van der Waals surface area contributed by atoms with Gasteiger partial charge in [0.25, 0.3) is 0 Å². The number of likely N-dealkylation sites (tertiary alicyclic amines) is 1. The van der Waals surface area contributed by atoms with E-state index in [0.717, 1.165) is 24.9 Å². The van der Waals surface area contributed by atoms with E-state index >= 15 is 0 Å². The molecule has 1 aromatic rings. The lowest BCUT2D eigenvalue weighted by Crippen LogP contribution is -2.45. The molecule has 2 aliphatic rings. The molecule has 0 saturated carbocycles. The van der Waals surface area contributed by atoms with Crippen LogP contribution in [-0.2, 0) is 22.4 Å². The molecule has 0 unspecified atom stereocenters. The van der Waals surface area contributed by atoms with Gasteiger partial charge in [-0.1, -0.05) is 18.2 Å². The molecule has 1 saturated heterocycles. The van der Waals surface area contributed by atoms with Gasteiger partial charge in [-0.05, 0) is 69.2 Å². The van der Waals surface area contributed by atoms with Gasteiger partial charge in [-0.25, -0.2) is 0 Å². The molecule has 1 aliphatic carbocycles. The Balaban J connectivity index is 1.59. The summed E-state index contributed by atoms with van der Waals surface area (Å²) in [5, 5.41) is 3.13.